The molecule has 0 radical (unpaired) electrons. The number of halogens is 1. The smallest absolute Gasteiger partial charge is 0.251 e. The van der Waals surface area contributed by atoms with Gasteiger partial charge < -0.3 is 11.1 Å². The Balaban J connectivity index is 1.73. The number of primary amides is 1. The van der Waals surface area contributed by atoms with Crippen molar-refractivity contribution in [3.8, 4) is 5.69 Å². The number of carbonyl (C=O) groups excluding carboxylic acids is 2. The highest BCUT2D eigenvalue weighted by molar-refractivity contribution is 8.00. The van der Waals surface area contributed by atoms with Crippen molar-refractivity contribution < 1.29 is 9.59 Å². The van der Waals surface area contributed by atoms with E-state index in [1.54, 1.807) is 30.6 Å². The van der Waals surface area contributed by atoms with E-state index < -0.39 is 11.2 Å². The van der Waals surface area contributed by atoms with Crippen molar-refractivity contribution in [1.29, 1.82) is 0 Å². The van der Waals surface area contributed by atoms with Crippen molar-refractivity contribution >= 4 is 51.5 Å². The Labute approximate surface area is 163 Å². The Morgan fingerprint density at radius 2 is 2.19 bits per heavy atom. The fourth-order valence-corrected chi connectivity index (χ4v) is 4.09. The Morgan fingerprint density at radius 3 is 2.92 bits per heavy atom. The number of hydrogen-bond donors (Lipinski definition) is 2. The van der Waals surface area contributed by atoms with Crippen LogP contribution in [0.3, 0.4) is 0 Å². The first-order valence-electron chi connectivity index (χ1n) is 7.60. The minimum absolute atomic E-state index is 0.236. The van der Waals surface area contributed by atoms with Crippen molar-refractivity contribution in [3.63, 3.8) is 0 Å². The normalized spacial score (nSPS) is 11.9. The van der Waals surface area contributed by atoms with Gasteiger partial charge in [-0.3, -0.25) is 14.2 Å². The quantitative estimate of drug-likeness (QED) is 0.609. The van der Waals surface area contributed by atoms with Crippen LogP contribution in [0.1, 0.15) is 17.3 Å². The molecule has 3 N–H and O–H groups in total. The zero-order valence-corrected chi connectivity index (χ0v) is 16.1. The van der Waals surface area contributed by atoms with Crippen LogP contribution in [-0.2, 0) is 4.79 Å². The lowest BCUT2D eigenvalue weighted by Gasteiger charge is -2.13. The molecule has 0 saturated carbocycles. The summed E-state index contributed by atoms with van der Waals surface area (Å²) in [6, 6.07) is 8.97. The van der Waals surface area contributed by atoms with Gasteiger partial charge in [-0.2, -0.15) is 0 Å². The summed E-state index contributed by atoms with van der Waals surface area (Å²) in [7, 11) is 0. The van der Waals surface area contributed by atoms with Gasteiger partial charge in [0.05, 0.1) is 10.8 Å². The number of thiophene rings is 1. The van der Waals surface area contributed by atoms with Gasteiger partial charge in [0.25, 0.3) is 5.91 Å². The third-order valence-corrected chi connectivity index (χ3v) is 5.66. The molecular weight excluding hydrogens is 392 g/mol. The molecule has 3 aromatic rings. The highest BCUT2D eigenvalue weighted by Gasteiger charge is 2.20. The molecule has 0 bridgehead atoms. The van der Waals surface area contributed by atoms with Crippen molar-refractivity contribution in [3.05, 3.63) is 58.7 Å². The van der Waals surface area contributed by atoms with E-state index in [-0.39, 0.29) is 5.91 Å². The van der Waals surface area contributed by atoms with Crippen LogP contribution in [0, 0.1) is 0 Å². The number of carbonyl (C=O) groups is 2. The number of benzene rings is 1. The van der Waals surface area contributed by atoms with Crippen LogP contribution in [0.4, 0.5) is 5.00 Å². The Bertz CT molecular complexity index is 954. The molecule has 0 aliphatic heterocycles. The number of nitrogens with two attached hydrogens (primary N) is 1. The SMILES string of the molecule is C[C@H](Sc1nccn1-c1cccc(Cl)c1)C(=O)Nc1sccc1C(N)=O. The zero-order chi connectivity index (χ0) is 18.7. The maximum Gasteiger partial charge on any atom is 0.251 e. The van der Waals surface area contributed by atoms with E-state index >= 15 is 0 Å². The van der Waals surface area contributed by atoms with Crippen LogP contribution in [0.15, 0.2) is 53.3 Å². The van der Waals surface area contributed by atoms with Gasteiger partial charge >= 0.3 is 0 Å². The third-order valence-electron chi connectivity index (χ3n) is 3.51. The largest absolute Gasteiger partial charge is 0.366 e. The number of nitrogens with one attached hydrogen (secondary N) is 1. The van der Waals surface area contributed by atoms with E-state index in [1.807, 2.05) is 29.0 Å². The standard InChI is InChI=1S/C17H15ClN4O2S2/c1-10(15(24)21-16-13(14(19)23)5-8-25-16)26-17-20-6-7-22(17)12-4-2-3-11(18)9-12/h2-10H,1H3,(H2,19,23)(H,21,24)/t10-/m0/s1. The lowest BCUT2D eigenvalue weighted by atomic mass is 10.3. The molecule has 0 fully saturated rings. The summed E-state index contributed by atoms with van der Waals surface area (Å²) in [5.74, 6) is -0.807. The molecule has 134 valence electrons. The number of rotatable bonds is 6. The van der Waals surface area contributed by atoms with Gasteiger partial charge in [0, 0.05) is 23.1 Å². The molecule has 2 aromatic heterocycles. The molecule has 0 aliphatic carbocycles. The molecule has 2 heterocycles. The van der Waals surface area contributed by atoms with Gasteiger partial charge in [-0.15, -0.1) is 11.3 Å². The van der Waals surface area contributed by atoms with Gasteiger partial charge in [-0.05, 0) is 36.6 Å². The first-order chi connectivity index (χ1) is 12.5. The first kappa shape index (κ1) is 18.5. The van der Waals surface area contributed by atoms with E-state index in [0.29, 0.717) is 20.7 Å². The molecule has 1 atom stereocenters. The molecule has 1 aromatic carbocycles. The topological polar surface area (TPSA) is 90.0 Å². The maximum atomic E-state index is 12.5. The first-order valence-corrected chi connectivity index (χ1v) is 9.73. The van der Waals surface area contributed by atoms with Gasteiger partial charge in [-0.1, -0.05) is 29.4 Å². The lowest BCUT2D eigenvalue weighted by molar-refractivity contribution is -0.115. The van der Waals surface area contributed by atoms with E-state index in [2.05, 4.69) is 10.3 Å². The molecule has 0 unspecified atom stereocenters. The monoisotopic (exact) mass is 406 g/mol. The van der Waals surface area contributed by atoms with E-state index in [4.69, 9.17) is 17.3 Å². The summed E-state index contributed by atoms with van der Waals surface area (Å²) in [5, 5.41) is 5.76. The van der Waals surface area contributed by atoms with Crippen LogP contribution in [0.5, 0.6) is 0 Å². The molecule has 2 amide bonds. The zero-order valence-electron chi connectivity index (χ0n) is 13.7. The molecule has 3 rings (SSSR count). The number of amides is 2. The van der Waals surface area contributed by atoms with Gasteiger partial charge in [0.2, 0.25) is 5.91 Å². The number of aromatic nitrogens is 2. The van der Waals surface area contributed by atoms with Crippen LogP contribution in [0.25, 0.3) is 5.69 Å². The number of nitrogens with zero attached hydrogens (tertiary/aromatic N) is 2. The molecule has 0 spiro atoms. The predicted octanol–water partition coefficient (Wildman–Crippen LogP) is 3.81. The predicted molar refractivity (Wildman–Crippen MR) is 105 cm³/mol. The fraction of sp³-hybridized carbons (Fsp3) is 0.118. The number of thioether (sulfide) groups is 1. The molecule has 6 nitrogen and oxygen atoms in total. The van der Waals surface area contributed by atoms with Crippen molar-refractivity contribution in [2.45, 2.75) is 17.3 Å². The Hall–Kier alpha value is -2.29. The van der Waals surface area contributed by atoms with Crippen molar-refractivity contribution in [1.82, 2.24) is 9.55 Å². The summed E-state index contributed by atoms with van der Waals surface area (Å²) in [6.45, 7) is 1.77. The molecular formula is C17H15ClN4O2S2. The molecule has 9 heteroatoms. The van der Waals surface area contributed by atoms with Crippen molar-refractivity contribution in [2.24, 2.45) is 5.73 Å². The average Bonchev–Trinajstić information content (AvgIpc) is 3.24. The number of hydrogen-bond acceptors (Lipinski definition) is 5. The maximum absolute atomic E-state index is 12.5. The molecule has 26 heavy (non-hydrogen) atoms. The highest BCUT2D eigenvalue weighted by atomic mass is 35.5. The second kappa shape index (κ2) is 7.94. The number of anilines is 1. The van der Waals surface area contributed by atoms with E-state index in [0.717, 1.165) is 5.69 Å². The van der Waals surface area contributed by atoms with Crippen LogP contribution in [-0.4, -0.2) is 26.6 Å². The number of imidazole rings is 1. The van der Waals surface area contributed by atoms with Crippen LogP contribution in [0.2, 0.25) is 5.02 Å². The van der Waals surface area contributed by atoms with E-state index in [1.165, 1.54) is 23.1 Å². The highest BCUT2D eigenvalue weighted by Crippen LogP contribution is 2.28. The average molecular weight is 407 g/mol. The third kappa shape index (κ3) is 4.09. The minimum atomic E-state index is -0.571. The van der Waals surface area contributed by atoms with E-state index in [9.17, 15) is 9.59 Å². The molecule has 0 aliphatic rings. The summed E-state index contributed by atoms with van der Waals surface area (Å²) in [6.07, 6.45) is 3.47. The van der Waals surface area contributed by atoms with Gasteiger partial charge in [-0.25, -0.2) is 4.98 Å². The summed E-state index contributed by atoms with van der Waals surface area (Å²) >= 11 is 8.61. The second-order valence-corrected chi connectivity index (χ2v) is 8.00. The minimum Gasteiger partial charge on any atom is -0.366 e. The van der Waals surface area contributed by atoms with Crippen LogP contribution >= 0.6 is 34.7 Å². The second-order valence-electron chi connectivity index (χ2n) is 5.34. The Kier molecular flexibility index (Phi) is 5.65. The molecule has 0 saturated heterocycles. The summed E-state index contributed by atoms with van der Waals surface area (Å²) in [5.41, 5.74) is 6.47. The summed E-state index contributed by atoms with van der Waals surface area (Å²) < 4.78 is 1.86. The summed E-state index contributed by atoms with van der Waals surface area (Å²) in [4.78, 5) is 28.2. The van der Waals surface area contributed by atoms with Crippen LogP contribution < -0.4 is 11.1 Å². The van der Waals surface area contributed by atoms with Gasteiger partial charge in [0.1, 0.15) is 5.00 Å². The fourth-order valence-electron chi connectivity index (χ4n) is 2.22. The van der Waals surface area contributed by atoms with Crippen molar-refractivity contribution in [2.75, 3.05) is 5.32 Å². The Morgan fingerprint density at radius 1 is 1.38 bits per heavy atom. The van der Waals surface area contributed by atoms with Gasteiger partial charge in [0.15, 0.2) is 5.16 Å². The lowest BCUT2D eigenvalue weighted by Crippen LogP contribution is -2.24.